The maximum Gasteiger partial charge on any atom is 0.252 e. The van der Waals surface area contributed by atoms with Crippen LogP contribution >= 0.6 is 23.2 Å². The fourth-order valence-electron chi connectivity index (χ4n) is 3.40. The van der Waals surface area contributed by atoms with Crippen LogP contribution in [0.2, 0.25) is 10.0 Å². The summed E-state index contributed by atoms with van der Waals surface area (Å²) in [5, 5.41) is 4.86. The SMILES string of the molecule is Cn1c(=O)cc(C(=O)NC2(c3c(Cl)cccc3Cl)CC2)c2ccccc21. The highest BCUT2D eigenvalue weighted by Gasteiger charge is 2.48. The highest BCUT2D eigenvalue weighted by molar-refractivity contribution is 6.36. The van der Waals surface area contributed by atoms with Crippen LogP contribution in [0.15, 0.2) is 53.3 Å². The van der Waals surface area contributed by atoms with E-state index in [1.807, 2.05) is 24.3 Å². The molecule has 0 radical (unpaired) electrons. The summed E-state index contributed by atoms with van der Waals surface area (Å²) in [6.45, 7) is 0. The van der Waals surface area contributed by atoms with Crippen molar-refractivity contribution in [2.75, 3.05) is 0 Å². The average molecular weight is 387 g/mol. The Morgan fingerprint density at radius 1 is 1.08 bits per heavy atom. The second kappa shape index (κ2) is 6.15. The Morgan fingerprint density at radius 2 is 1.73 bits per heavy atom. The molecule has 0 aliphatic heterocycles. The summed E-state index contributed by atoms with van der Waals surface area (Å²) in [6, 6.07) is 14.0. The highest BCUT2D eigenvalue weighted by Crippen LogP contribution is 2.50. The van der Waals surface area contributed by atoms with Gasteiger partial charge in [0, 0.05) is 34.1 Å². The summed E-state index contributed by atoms with van der Waals surface area (Å²) in [6.07, 6.45) is 1.51. The molecule has 6 heteroatoms. The third-order valence-corrected chi connectivity index (χ3v) is 5.57. The largest absolute Gasteiger partial charge is 0.342 e. The smallest absolute Gasteiger partial charge is 0.252 e. The monoisotopic (exact) mass is 386 g/mol. The van der Waals surface area contributed by atoms with Gasteiger partial charge in [-0.15, -0.1) is 0 Å². The minimum Gasteiger partial charge on any atom is -0.342 e. The number of carbonyl (C=O) groups is 1. The number of nitrogens with one attached hydrogen (secondary N) is 1. The van der Waals surface area contributed by atoms with Gasteiger partial charge in [0.15, 0.2) is 0 Å². The lowest BCUT2D eigenvalue weighted by Gasteiger charge is -2.21. The van der Waals surface area contributed by atoms with E-state index in [2.05, 4.69) is 5.32 Å². The van der Waals surface area contributed by atoms with E-state index in [1.165, 1.54) is 10.6 Å². The molecule has 0 saturated heterocycles. The summed E-state index contributed by atoms with van der Waals surface area (Å²) in [4.78, 5) is 25.3. The minimum absolute atomic E-state index is 0.227. The van der Waals surface area contributed by atoms with Gasteiger partial charge in [-0.2, -0.15) is 0 Å². The molecule has 1 saturated carbocycles. The lowest BCUT2D eigenvalue weighted by atomic mass is 10.0. The summed E-state index contributed by atoms with van der Waals surface area (Å²) < 4.78 is 1.53. The van der Waals surface area contributed by atoms with Gasteiger partial charge in [-0.25, -0.2) is 0 Å². The molecular formula is C20H16Cl2N2O2. The third-order valence-electron chi connectivity index (χ3n) is 4.94. The Bertz CT molecular complexity index is 1080. The molecule has 0 atom stereocenters. The van der Waals surface area contributed by atoms with Crippen molar-refractivity contribution in [1.82, 2.24) is 9.88 Å². The molecule has 2 aromatic carbocycles. The molecule has 0 spiro atoms. The second-order valence-corrected chi connectivity index (χ2v) is 7.42. The lowest BCUT2D eigenvalue weighted by molar-refractivity contribution is 0.0932. The van der Waals surface area contributed by atoms with E-state index in [0.717, 1.165) is 23.8 Å². The van der Waals surface area contributed by atoms with E-state index in [-0.39, 0.29) is 11.5 Å². The lowest BCUT2D eigenvalue weighted by Crippen LogP contribution is -2.36. The van der Waals surface area contributed by atoms with Crippen molar-refractivity contribution in [2.45, 2.75) is 18.4 Å². The number of nitrogens with zero attached hydrogens (tertiary/aromatic N) is 1. The number of rotatable bonds is 3. The van der Waals surface area contributed by atoms with Crippen molar-refractivity contribution in [3.05, 3.63) is 80.1 Å². The van der Waals surface area contributed by atoms with Gasteiger partial charge in [0.1, 0.15) is 0 Å². The molecule has 1 aliphatic carbocycles. The van der Waals surface area contributed by atoms with E-state index in [9.17, 15) is 9.59 Å². The van der Waals surface area contributed by atoms with E-state index in [1.54, 1.807) is 25.2 Å². The van der Waals surface area contributed by atoms with Crippen LogP contribution in [0.1, 0.15) is 28.8 Å². The van der Waals surface area contributed by atoms with Crippen molar-refractivity contribution in [3.63, 3.8) is 0 Å². The predicted molar refractivity (Wildman–Crippen MR) is 104 cm³/mol. The molecule has 1 amide bonds. The van der Waals surface area contributed by atoms with Crippen molar-refractivity contribution in [2.24, 2.45) is 7.05 Å². The van der Waals surface area contributed by atoms with Crippen LogP contribution in [-0.4, -0.2) is 10.5 Å². The number of para-hydroxylation sites is 1. The van der Waals surface area contributed by atoms with Crippen LogP contribution in [0.5, 0.6) is 0 Å². The molecule has 1 aromatic heterocycles. The van der Waals surface area contributed by atoms with Crippen LogP contribution in [0, 0.1) is 0 Å². The molecule has 0 bridgehead atoms. The predicted octanol–water partition coefficient (Wildman–Crippen LogP) is 4.26. The first-order valence-corrected chi connectivity index (χ1v) is 9.04. The van der Waals surface area contributed by atoms with Gasteiger partial charge in [-0.3, -0.25) is 9.59 Å². The Balaban J connectivity index is 1.78. The van der Waals surface area contributed by atoms with E-state index in [4.69, 9.17) is 23.2 Å². The molecule has 4 nitrogen and oxygen atoms in total. The number of amides is 1. The number of carbonyl (C=O) groups excluding carboxylic acids is 1. The number of pyridine rings is 1. The average Bonchev–Trinajstić information content (AvgIpc) is 3.38. The summed E-state index contributed by atoms with van der Waals surface area (Å²) in [7, 11) is 1.69. The van der Waals surface area contributed by atoms with Crippen molar-refractivity contribution < 1.29 is 4.79 Å². The molecule has 1 N–H and O–H groups in total. The molecular weight excluding hydrogens is 371 g/mol. The first-order chi connectivity index (χ1) is 12.4. The summed E-state index contributed by atoms with van der Waals surface area (Å²) in [5.41, 5.74) is 1.01. The first kappa shape index (κ1) is 17.1. The van der Waals surface area contributed by atoms with E-state index >= 15 is 0 Å². The van der Waals surface area contributed by atoms with Gasteiger partial charge in [0.25, 0.3) is 11.5 Å². The fourth-order valence-corrected chi connectivity index (χ4v) is 4.16. The number of hydrogen-bond acceptors (Lipinski definition) is 2. The molecule has 1 fully saturated rings. The fraction of sp³-hybridized carbons (Fsp3) is 0.200. The zero-order valence-electron chi connectivity index (χ0n) is 14.1. The van der Waals surface area contributed by atoms with Gasteiger partial charge in [-0.1, -0.05) is 47.5 Å². The number of fused-ring (bicyclic) bond motifs is 1. The van der Waals surface area contributed by atoms with Crippen LogP contribution in [0.25, 0.3) is 10.9 Å². The Kier molecular flexibility index (Phi) is 4.05. The first-order valence-electron chi connectivity index (χ1n) is 8.29. The summed E-state index contributed by atoms with van der Waals surface area (Å²) >= 11 is 12.7. The zero-order valence-corrected chi connectivity index (χ0v) is 15.6. The highest BCUT2D eigenvalue weighted by atomic mass is 35.5. The maximum atomic E-state index is 13.0. The number of hydrogen-bond donors (Lipinski definition) is 1. The Morgan fingerprint density at radius 3 is 2.38 bits per heavy atom. The van der Waals surface area contributed by atoms with Gasteiger partial charge in [0.05, 0.1) is 16.6 Å². The third kappa shape index (κ3) is 2.70. The number of aromatic nitrogens is 1. The topological polar surface area (TPSA) is 51.1 Å². The Hall–Kier alpha value is -2.30. The van der Waals surface area contributed by atoms with Crippen molar-refractivity contribution >= 4 is 40.0 Å². The molecule has 4 rings (SSSR count). The van der Waals surface area contributed by atoms with Crippen LogP contribution < -0.4 is 10.9 Å². The van der Waals surface area contributed by atoms with Gasteiger partial charge in [-0.05, 0) is 31.0 Å². The van der Waals surface area contributed by atoms with E-state index in [0.29, 0.717) is 21.1 Å². The normalized spacial score (nSPS) is 15.0. The standard InChI is InChI=1S/C20H16Cl2N2O2/c1-24-16-8-3-2-5-12(16)13(11-17(24)25)19(26)23-20(9-10-20)18-14(21)6-4-7-15(18)22/h2-8,11H,9-10H2,1H3,(H,23,26). The molecule has 132 valence electrons. The number of benzene rings is 2. The van der Waals surface area contributed by atoms with Gasteiger partial charge in [0.2, 0.25) is 0 Å². The summed E-state index contributed by atoms with van der Waals surface area (Å²) in [5.74, 6) is -0.299. The van der Waals surface area contributed by atoms with Crippen LogP contribution in [-0.2, 0) is 12.6 Å². The van der Waals surface area contributed by atoms with Gasteiger partial charge >= 0.3 is 0 Å². The Labute approximate surface area is 160 Å². The second-order valence-electron chi connectivity index (χ2n) is 6.61. The quantitative estimate of drug-likeness (QED) is 0.730. The molecule has 1 heterocycles. The molecule has 1 aliphatic rings. The molecule has 0 unspecified atom stereocenters. The van der Waals surface area contributed by atoms with Crippen molar-refractivity contribution in [1.29, 1.82) is 0 Å². The molecule has 26 heavy (non-hydrogen) atoms. The van der Waals surface area contributed by atoms with Gasteiger partial charge < -0.3 is 9.88 Å². The maximum absolute atomic E-state index is 13.0. The van der Waals surface area contributed by atoms with Crippen LogP contribution in [0.3, 0.4) is 0 Å². The molecule has 3 aromatic rings. The van der Waals surface area contributed by atoms with Crippen molar-refractivity contribution in [3.8, 4) is 0 Å². The minimum atomic E-state index is -0.575. The number of halogens is 2. The van der Waals surface area contributed by atoms with E-state index < -0.39 is 5.54 Å². The zero-order chi connectivity index (χ0) is 18.5. The number of aryl methyl sites for hydroxylation is 1. The van der Waals surface area contributed by atoms with Crippen LogP contribution in [0.4, 0.5) is 0 Å².